The zero-order valence-corrected chi connectivity index (χ0v) is 32.5. The maximum Gasteiger partial charge on any atom is 0.101 e. The minimum atomic E-state index is 0.638. The van der Waals surface area contributed by atoms with E-state index in [9.17, 15) is 0 Å². The lowest BCUT2D eigenvalue weighted by molar-refractivity contribution is 0.135. The highest BCUT2D eigenvalue weighted by atomic mass is 15.4. The van der Waals surface area contributed by atoms with E-state index in [4.69, 9.17) is 0 Å². The number of rotatable bonds is 38. The second kappa shape index (κ2) is 35.6. The summed E-state index contributed by atoms with van der Waals surface area (Å²) in [6.07, 6.45) is 57.4. The van der Waals surface area contributed by atoms with Crippen LogP contribution in [0.3, 0.4) is 0 Å². The second-order valence-corrected chi connectivity index (χ2v) is 15.4. The Balaban J connectivity index is 2.19. The van der Waals surface area contributed by atoms with Crippen LogP contribution in [0.25, 0.3) is 0 Å². The van der Waals surface area contributed by atoms with E-state index in [0.29, 0.717) is 6.17 Å². The van der Waals surface area contributed by atoms with Crippen LogP contribution in [-0.2, 0) is 0 Å². The van der Waals surface area contributed by atoms with Gasteiger partial charge in [0, 0.05) is 25.5 Å². The van der Waals surface area contributed by atoms with E-state index in [1.807, 2.05) is 0 Å². The Morgan fingerprint density at radius 1 is 0.283 bits per heavy atom. The van der Waals surface area contributed by atoms with Gasteiger partial charge in [0.05, 0.1) is 0 Å². The number of unbranched alkanes of at least 4 members (excludes halogenated alkanes) is 32. The zero-order valence-electron chi connectivity index (χ0n) is 32.5. The van der Waals surface area contributed by atoms with Crippen molar-refractivity contribution in [3.05, 3.63) is 12.4 Å². The Morgan fingerprint density at radius 3 is 0.761 bits per heavy atom. The first kappa shape index (κ1) is 43.4. The minimum Gasteiger partial charge on any atom is -0.356 e. The molecular weight excluding hydrogens is 556 g/mol. The number of hydrogen-bond acceptors (Lipinski definition) is 2. The van der Waals surface area contributed by atoms with Gasteiger partial charge < -0.3 is 9.80 Å². The Morgan fingerprint density at radius 2 is 0.500 bits per heavy atom. The lowest BCUT2D eigenvalue weighted by Gasteiger charge is -2.33. The fourth-order valence-electron chi connectivity index (χ4n) is 7.60. The second-order valence-electron chi connectivity index (χ2n) is 15.4. The predicted molar refractivity (Wildman–Crippen MR) is 210 cm³/mol. The van der Waals surface area contributed by atoms with Crippen LogP contribution < -0.4 is 0 Å². The van der Waals surface area contributed by atoms with Crippen molar-refractivity contribution in [3.8, 4) is 0 Å². The summed E-state index contributed by atoms with van der Waals surface area (Å²) < 4.78 is 0. The van der Waals surface area contributed by atoms with Crippen LogP contribution >= 0.6 is 0 Å². The van der Waals surface area contributed by atoms with Gasteiger partial charge in [-0.25, -0.2) is 0 Å². The molecule has 0 aromatic carbocycles. The van der Waals surface area contributed by atoms with Gasteiger partial charge in [-0.15, -0.1) is 0 Å². The van der Waals surface area contributed by atoms with Crippen LogP contribution in [0.5, 0.6) is 0 Å². The van der Waals surface area contributed by atoms with E-state index in [1.54, 1.807) is 0 Å². The molecule has 0 aliphatic carbocycles. The number of hydrogen-bond donors (Lipinski definition) is 0. The van der Waals surface area contributed by atoms with Crippen LogP contribution in [-0.4, -0.2) is 29.1 Å². The van der Waals surface area contributed by atoms with Gasteiger partial charge in [0.25, 0.3) is 0 Å². The van der Waals surface area contributed by atoms with E-state index in [0.717, 1.165) is 0 Å². The van der Waals surface area contributed by atoms with Crippen molar-refractivity contribution in [2.75, 3.05) is 13.1 Å². The lowest BCUT2D eigenvalue weighted by atomic mass is 10.0. The van der Waals surface area contributed by atoms with Crippen LogP contribution in [0.2, 0.25) is 0 Å². The largest absolute Gasteiger partial charge is 0.356 e. The summed E-state index contributed by atoms with van der Waals surface area (Å²) in [4.78, 5) is 5.45. The van der Waals surface area contributed by atoms with Gasteiger partial charge in [-0.2, -0.15) is 0 Å². The van der Waals surface area contributed by atoms with Crippen LogP contribution in [0, 0.1) is 0 Å². The molecule has 274 valence electrons. The van der Waals surface area contributed by atoms with Crippen molar-refractivity contribution in [3.63, 3.8) is 0 Å². The van der Waals surface area contributed by atoms with E-state index in [1.165, 1.54) is 244 Å². The van der Waals surface area contributed by atoms with E-state index < -0.39 is 0 Å². The zero-order chi connectivity index (χ0) is 33.0. The minimum absolute atomic E-state index is 0.638. The average molecular weight is 645 g/mol. The highest BCUT2D eigenvalue weighted by Gasteiger charge is 2.24. The molecule has 1 aliphatic rings. The van der Waals surface area contributed by atoms with Crippen molar-refractivity contribution in [2.24, 2.45) is 0 Å². The molecule has 2 nitrogen and oxygen atoms in total. The van der Waals surface area contributed by atoms with Crippen LogP contribution in [0.15, 0.2) is 12.4 Å². The summed E-state index contributed by atoms with van der Waals surface area (Å²) in [5.74, 6) is 0. The summed E-state index contributed by atoms with van der Waals surface area (Å²) >= 11 is 0. The van der Waals surface area contributed by atoms with Crippen molar-refractivity contribution < 1.29 is 0 Å². The first-order chi connectivity index (χ1) is 22.8. The summed E-state index contributed by atoms with van der Waals surface area (Å²) in [7, 11) is 0. The topological polar surface area (TPSA) is 6.48 Å². The smallest absolute Gasteiger partial charge is 0.101 e. The van der Waals surface area contributed by atoms with Crippen molar-refractivity contribution in [2.45, 2.75) is 258 Å². The summed E-state index contributed by atoms with van der Waals surface area (Å²) in [6, 6.07) is 0. The maximum absolute atomic E-state index is 2.73. The van der Waals surface area contributed by atoms with Gasteiger partial charge in [-0.1, -0.05) is 226 Å². The van der Waals surface area contributed by atoms with Crippen molar-refractivity contribution in [1.82, 2.24) is 9.80 Å². The van der Waals surface area contributed by atoms with E-state index >= 15 is 0 Å². The third-order valence-corrected chi connectivity index (χ3v) is 10.8. The molecule has 0 saturated heterocycles. The van der Waals surface area contributed by atoms with Crippen molar-refractivity contribution >= 4 is 0 Å². The fourth-order valence-corrected chi connectivity index (χ4v) is 7.60. The third kappa shape index (κ3) is 27.3. The van der Waals surface area contributed by atoms with Gasteiger partial charge in [-0.05, 0) is 25.7 Å². The van der Waals surface area contributed by atoms with Gasteiger partial charge in [0.1, 0.15) is 6.17 Å². The summed E-state index contributed by atoms with van der Waals surface area (Å²) in [5.41, 5.74) is 0. The SMILES string of the molecule is CCCCCCCCCCCCCCCCN1C=CN(CCCCCCCCCCCCCC)C1CCCCCCCCCCC. The van der Waals surface area contributed by atoms with Gasteiger partial charge >= 0.3 is 0 Å². The van der Waals surface area contributed by atoms with Gasteiger partial charge in [-0.3, -0.25) is 0 Å². The Hall–Kier alpha value is -0.660. The quantitative estimate of drug-likeness (QED) is 0.0617. The monoisotopic (exact) mass is 645 g/mol. The third-order valence-electron chi connectivity index (χ3n) is 10.8. The molecular formula is C44H88N2. The standard InChI is InChI=1S/C44H88N2/c1-4-7-10-13-16-19-21-23-24-26-29-32-35-38-41-46-43-42-45(44(46)39-36-33-30-27-18-15-12-9-6-3)40-37-34-31-28-25-22-20-17-14-11-8-5-2/h42-44H,4-41H2,1-3H3. The molecule has 1 atom stereocenters. The van der Waals surface area contributed by atoms with Gasteiger partial charge in [0.15, 0.2) is 0 Å². The molecule has 0 fully saturated rings. The number of nitrogens with zero attached hydrogens (tertiary/aromatic N) is 2. The molecule has 1 heterocycles. The van der Waals surface area contributed by atoms with Crippen molar-refractivity contribution in [1.29, 1.82) is 0 Å². The molecule has 0 amide bonds. The molecule has 0 bridgehead atoms. The highest BCUT2D eigenvalue weighted by molar-refractivity contribution is 4.97. The molecule has 0 N–H and O–H groups in total. The van der Waals surface area contributed by atoms with Gasteiger partial charge in [0.2, 0.25) is 0 Å². The normalized spacial score (nSPS) is 14.7. The molecule has 1 aliphatic heterocycles. The molecule has 1 unspecified atom stereocenters. The Labute approximate surface area is 292 Å². The highest BCUT2D eigenvalue weighted by Crippen LogP contribution is 2.24. The molecule has 0 spiro atoms. The first-order valence-corrected chi connectivity index (χ1v) is 22.0. The predicted octanol–water partition coefficient (Wildman–Crippen LogP) is 15.5. The molecule has 0 radical (unpaired) electrons. The lowest BCUT2D eigenvalue weighted by Crippen LogP contribution is -2.39. The Bertz CT molecular complexity index is 601. The molecule has 1 rings (SSSR count). The molecule has 0 saturated carbocycles. The maximum atomic E-state index is 2.73. The molecule has 2 heteroatoms. The summed E-state index contributed by atoms with van der Waals surface area (Å²) in [5, 5.41) is 0. The van der Waals surface area contributed by atoms with E-state index in [-0.39, 0.29) is 0 Å². The average Bonchev–Trinajstić information content (AvgIpc) is 3.45. The van der Waals surface area contributed by atoms with Crippen LogP contribution in [0.1, 0.15) is 252 Å². The first-order valence-electron chi connectivity index (χ1n) is 22.0. The molecule has 0 aromatic rings. The Kier molecular flexibility index (Phi) is 33.6. The fraction of sp³-hybridized carbons (Fsp3) is 0.955. The summed E-state index contributed by atoms with van der Waals surface area (Å²) in [6.45, 7) is 9.49. The van der Waals surface area contributed by atoms with Crippen LogP contribution in [0.4, 0.5) is 0 Å². The molecule has 46 heavy (non-hydrogen) atoms. The molecule has 0 aromatic heterocycles. The van der Waals surface area contributed by atoms with E-state index in [2.05, 4.69) is 43.0 Å².